The second-order valence-corrected chi connectivity index (χ2v) is 2.69. The molecule has 1 nitrogen and oxygen atoms in total. The number of thiol groups is 1. The first-order chi connectivity index (χ1) is 3.81. The van der Waals surface area contributed by atoms with Crippen molar-refractivity contribution in [3.8, 4) is 0 Å². The molecule has 0 aliphatic heterocycles. The van der Waals surface area contributed by atoms with Crippen molar-refractivity contribution in [3.05, 3.63) is 0 Å². The number of aliphatic hydroxyl groups is 1. The molecule has 0 heterocycles. The highest BCUT2D eigenvalue weighted by atomic mass is 32.1. The summed E-state index contributed by atoms with van der Waals surface area (Å²) in [5.74, 6) is 0. The maximum atomic E-state index is 8.41. The third-order valence-electron chi connectivity index (χ3n) is 1.08. The van der Waals surface area contributed by atoms with Crippen LogP contribution in [-0.2, 0) is 0 Å². The summed E-state index contributed by atoms with van der Waals surface area (Å²) < 4.78 is 0. The Bertz CT molecular complexity index is 41.8. The van der Waals surface area contributed by atoms with Gasteiger partial charge in [-0.25, -0.2) is 0 Å². The molecular formula is C6H14OS. The van der Waals surface area contributed by atoms with E-state index in [0.717, 1.165) is 19.3 Å². The maximum Gasteiger partial charge on any atom is 0.0441 e. The van der Waals surface area contributed by atoms with Gasteiger partial charge in [0.2, 0.25) is 0 Å². The van der Waals surface area contributed by atoms with Crippen molar-refractivity contribution >= 4 is 12.6 Å². The van der Waals surface area contributed by atoms with Crippen molar-refractivity contribution < 1.29 is 5.11 Å². The summed E-state index contributed by atoms with van der Waals surface area (Å²) in [6.45, 7) is 2.40. The average molecular weight is 134 g/mol. The molecule has 0 aromatic rings. The molecule has 0 amide bonds. The Kier molecular flexibility index (Phi) is 5.66. The molecule has 8 heavy (non-hydrogen) atoms. The third kappa shape index (κ3) is 4.47. The number of hydrogen-bond acceptors (Lipinski definition) is 2. The summed E-state index contributed by atoms with van der Waals surface area (Å²) in [6, 6.07) is 0. The minimum absolute atomic E-state index is 0.272. The van der Waals surface area contributed by atoms with Crippen molar-refractivity contribution in [2.24, 2.45) is 0 Å². The van der Waals surface area contributed by atoms with Gasteiger partial charge in [-0.3, -0.25) is 0 Å². The molecule has 50 valence electrons. The van der Waals surface area contributed by atoms with Crippen LogP contribution in [-0.4, -0.2) is 17.0 Å². The molecule has 0 bridgehead atoms. The Balaban J connectivity index is 2.92. The van der Waals surface area contributed by atoms with E-state index in [2.05, 4.69) is 19.6 Å². The number of hydrogen-bond donors (Lipinski definition) is 2. The SMILES string of the molecule is CCC[C@@H](S)CCO. The molecule has 0 saturated carbocycles. The van der Waals surface area contributed by atoms with Crippen molar-refractivity contribution in [2.75, 3.05) is 6.61 Å². The van der Waals surface area contributed by atoms with Gasteiger partial charge in [0.05, 0.1) is 0 Å². The van der Waals surface area contributed by atoms with E-state index in [1.807, 2.05) is 0 Å². The van der Waals surface area contributed by atoms with Gasteiger partial charge in [0, 0.05) is 11.9 Å². The summed E-state index contributed by atoms with van der Waals surface area (Å²) in [5.41, 5.74) is 0. The normalized spacial score (nSPS) is 13.9. The topological polar surface area (TPSA) is 20.2 Å². The smallest absolute Gasteiger partial charge is 0.0441 e. The first kappa shape index (κ1) is 8.31. The van der Waals surface area contributed by atoms with Gasteiger partial charge in [-0.2, -0.15) is 12.6 Å². The molecule has 0 radical (unpaired) electrons. The molecule has 0 rings (SSSR count). The standard InChI is InChI=1S/C6H14OS/c1-2-3-6(8)4-5-7/h6-8H,2-5H2,1H3/t6-/m1/s1. The molecule has 0 spiro atoms. The summed E-state index contributed by atoms with van der Waals surface area (Å²) >= 11 is 4.23. The average Bonchev–Trinajstić information content (AvgIpc) is 1.68. The lowest BCUT2D eigenvalue weighted by Crippen LogP contribution is -1.99. The Morgan fingerprint density at radius 1 is 1.50 bits per heavy atom. The quantitative estimate of drug-likeness (QED) is 0.558. The zero-order chi connectivity index (χ0) is 6.41. The van der Waals surface area contributed by atoms with Crippen LogP contribution in [0, 0.1) is 0 Å². The highest BCUT2D eigenvalue weighted by Gasteiger charge is 1.97. The molecular weight excluding hydrogens is 120 g/mol. The van der Waals surface area contributed by atoms with Crippen LogP contribution in [0.3, 0.4) is 0 Å². The molecule has 1 atom stereocenters. The highest BCUT2D eigenvalue weighted by Crippen LogP contribution is 2.07. The lowest BCUT2D eigenvalue weighted by molar-refractivity contribution is 0.285. The van der Waals surface area contributed by atoms with E-state index in [1.165, 1.54) is 0 Å². The third-order valence-corrected chi connectivity index (χ3v) is 1.60. The van der Waals surface area contributed by atoms with Crippen molar-refractivity contribution in [2.45, 2.75) is 31.4 Å². The predicted octanol–water partition coefficient (Wildman–Crippen LogP) is 1.47. The van der Waals surface area contributed by atoms with Crippen LogP contribution in [0.1, 0.15) is 26.2 Å². The first-order valence-corrected chi connectivity index (χ1v) is 3.61. The fourth-order valence-electron chi connectivity index (χ4n) is 0.627. The van der Waals surface area contributed by atoms with E-state index in [1.54, 1.807) is 0 Å². The summed E-state index contributed by atoms with van der Waals surface area (Å²) in [7, 11) is 0. The summed E-state index contributed by atoms with van der Waals surface area (Å²) in [5, 5.41) is 8.82. The van der Waals surface area contributed by atoms with Gasteiger partial charge in [-0.1, -0.05) is 13.3 Å². The van der Waals surface area contributed by atoms with Gasteiger partial charge < -0.3 is 5.11 Å². The summed E-state index contributed by atoms with van der Waals surface area (Å²) in [4.78, 5) is 0. The van der Waals surface area contributed by atoms with Crippen molar-refractivity contribution in [1.29, 1.82) is 0 Å². The van der Waals surface area contributed by atoms with Gasteiger partial charge >= 0.3 is 0 Å². The van der Waals surface area contributed by atoms with E-state index in [9.17, 15) is 0 Å². The van der Waals surface area contributed by atoms with Crippen molar-refractivity contribution in [1.82, 2.24) is 0 Å². The lowest BCUT2D eigenvalue weighted by Gasteiger charge is -2.04. The van der Waals surface area contributed by atoms with Crippen LogP contribution in [0.5, 0.6) is 0 Å². The number of rotatable bonds is 4. The largest absolute Gasteiger partial charge is 0.396 e. The molecule has 0 aromatic carbocycles. The van der Waals surface area contributed by atoms with Gasteiger partial charge in [0.15, 0.2) is 0 Å². The molecule has 0 aliphatic carbocycles. The van der Waals surface area contributed by atoms with Gasteiger partial charge in [0.1, 0.15) is 0 Å². The van der Waals surface area contributed by atoms with E-state index in [0.29, 0.717) is 5.25 Å². The van der Waals surface area contributed by atoms with Crippen LogP contribution in [0.25, 0.3) is 0 Å². The lowest BCUT2D eigenvalue weighted by atomic mass is 10.2. The van der Waals surface area contributed by atoms with Crippen LogP contribution in [0.4, 0.5) is 0 Å². The van der Waals surface area contributed by atoms with E-state index >= 15 is 0 Å². The van der Waals surface area contributed by atoms with E-state index in [4.69, 9.17) is 5.11 Å². The van der Waals surface area contributed by atoms with Gasteiger partial charge in [-0.15, -0.1) is 0 Å². The molecule has 1 N–H and O–H groups in total. The van der Waals surface area contributed by atoms with E-state index < -0.39 is 0 Å². The Morgan fingerprint density at radius 3 is 2.50 bits per heavy atom. The molecule has 0 aromatic heterocycles. The Labute approximate surface area is 56.5 Å². The molecule has 0 fully saturated rings. The Morgan fingerprint density at radius 2 is 2.12 bits per heavy atom. The predicted molar refractivity (Wildman–Crippen MR) is 39.4 cm³/mol. The van der Waals surface area contributed by atoms with Gasteiger partial charge in [0.25, 0.3) is 0 Å². The van der Waals surface area contributed by atoms with Crippen LogP contribution >= 0.6 is 12.6 Å². The first-order valence-electron chi connectivity index (χ1n) is 3.10. The maximum absolute atomic E-state index is 8.41. The van der Waals surface area contributed by atoms with Crippen LogP contribution in [0.15, 0.2) is 0 Å². The van der Waals surface area contributed by atoms with Crippen molar-refractivity contribution in [3.63, 3.8) is 0 Å². The van der Waals surface area contributed by atoms with Crippen LogP contribution < -0.4 is 0 Å². The summed E-state index contributed by atoms with van der Waals surface area (Å²) in [6.07, 6.45) is 3.11. The van der Waals surface area contributed by atoms with E-state index in [-0.39, 0.29) is 6.61 Å². The Hall–Kier alpha value is 0.310. The minimum atomic E-state index is 0.272. The molecule has 0 unspecified atom stereocenters. The zero-order valence-electron chi connectivity index (χ0n) is 5.30. The minimum Gasteiger partial charge on any atom is -0.396 e. The number of aliphatic hydroxyl groups excluding tert-OH is 1. The fourth-order valence-corrected chi connectivity index (χ4v) is 1.00. The second-order valence-electron chi connectivity index (χ2n) is 1.95. The molecule has 0 aliphatic rings. The zero-order valence-corrected chi connectivity index (χ0v) is 6.19. The van der Waals surface area contributed by atoms with Crippen LogP contribution in [0.2, 0.25) is 0 Å². The molecule has 2 heteroatoms. The monoisotopic (exact) mass is 134 g/mol. The molecule has 0 saturated heterocycles. The second kappa shape index (κ2) is 5.45. The fraction of sp³-hybridized carbons (Fsp3) is 1.00. The van der Waals surface area contributed by atoms with Gasteiger partial charge in [-0.05, 0) is 12.8 Å². The highest BCUT2D eigenvalue weighted by molar-refractivity contribution is 7.80.